The van der Waals surface area contributed by atoms with Gasteiger partial charge in [0.25, 0.3) is 0 Å². The number of hydrogen-bond acceptors (Lipinski definition) is 3. The van der Waals surface area contributed by atoms with Crippen molar-refractivity contribution in [3.05, 3.63) is 60.2 Å². The van der Waals surface area contributed by atoms with Gasteiger partial charge in [-0.15, -0.1) is 11.3 Å². The number of aromatic nitrogens is 1. The Morgan fingerprint density at radius 2 is 1.68 bits per heavy atom. The van der Waals surface area contributed by atoms with Gasteiger partial charge in [-0.1, -0.05) is 75.0 Å². The molecule has 0 amide bonds. The summed E-state index contributed by atoms with van der Waals surface area (Å²) >= 11 is 3.58. The van der Waals surface area contributed by atoms with E-state index in [2.05, 4.69) is 74.3 Å². The number of thioether (sulfide) groups is 1. The second-order valence-corrected chi connectivity index (χ2v) is 7.64. The summed E-state index contributed by atoms with van der Waals surface area (Å²) in [6.45, 7) is 6.63. The number of fused-ring (bicyclic) bond motifs is 1. The third-order valence-corrected chi connectivity index (χ3v) is 5.58. The first-order valence-electron chi connectivity index (χ1n) is 7.77. The van der Waals surface area contributed by atoms with E-state index < -0.39 is 0 Å². The summed E-state index contributed by atoms with van der Waals surface area (Å²) in [5.74, 6) is 1.81. The van der Waals surface area contributed by atoms with Crippen LogP contribution in [0.15, 0.2) is 58.9 Å². The highest BCUT2D eigenvalue weighted by molar-refractivity contribution is 8.01. The Labute approximate surface area is 141 Å². The van der Waals surface area contributed by atoms with Gasteiger partial charge in [0.1, 0.15) is 0 Å². The fourth-order valence-electron chi connectivity index (χ4n) is 2.05. The fraction of sp³-hybridized carbons (Fsp3) is 0.316. The van der Waals surface area contributed by atoms with E-state index >= 15 is 0 Å². The van der Waals surface area contributed by atoms with Crippen molar-refractivity contribution < 1.29 is 0 Å². The maximum Gasteiger partial charge on any atom is 0.151 e. The van der Waals surface area contributed by atoms with E-state index in [1.807, 2.05) is 17.8 Å². The lowest BCUT2D eigenvalue weighted by molar-refractivity contribution is 0.733. The van der Waals surface area contributed by atoms with Gasteiger partial charge in [-0.3, -0.25) is 0 Å². The van der Waals surface area contributed by atoms with Crippen molar-refractivity contribution in [3.63, 3.8) is 0 Å². The smallest absolute Gasteiger partial charge is 0.151 e. The monoisotopic (exact) mass is 329 g/mol. The van der Waals surface area contributed by atoms with Crippen LogP contribution in [-0.2, 0) is 0 Å². The zero-order chi connectivity index (χ0) is 15.8. The maximum absolute atomic E-state index is 4.48. The fourth-order valence-corrected chi connectivity index (χ4v) is 4.02. The standard InChI is InChI=1S/C10H14.C9H9NS2/c1-3-9(2)10-7-5-4-6-8-10;1-2-11-9-10-7-5-3-4-6-8(7)12-9/h4-9H,3H2,1-2H3;3-6H,2H2,1H3. The molecule has 0 bridgehead atoms. The molecule has 1 nitrogen and oxygen atoms in total. The highest BCUT2D eigenvalue weighted by atomic mass is 32.2. The van der Waals surface area contributed by atoms with Crippen LogP contribution in [0.5, 0.6) is 0 Å². The van der Waals surface area contributed by atoms with Gasteiger partial charge < -0.3 is 0 Å². The van der Waals surface area contributed by atoms with E-state index in [0.29, 0.717) is 5.92 Å². The summed E-state index contributed by atoms with van der Waals surface area (Å²) in [4.78, 5) is 4.48. The van der Waals surface area contributed by atoms with Crippen LogP contribution < -0.4 is 0 Å². The highest BCUT2D eigenvalue weighted by Gasteiger charge is 2.01. The molecule has 22 heavy (non-hydrogen) atoms. The van der Waals surface area contributed by atoms with Crippen molar-refractivity contribution in [2.45, 2.75) is 37.4 Å². The zero-order valence-corrected chi connectivity index (χ0v) is 15.1. The minimum Gasteiger partial charge on any atom is -0.230 e. The molecular formula is C19H23NS2. The Balaban J connectivity index is 0.000000164. The van der Waals surface area contributed by atoms with E-state index in [1.165, 1.54) is 21.0 Å². The third kappa shape index (κ3) is 4.85. The van der Waals surface area contributed by atoms with Crippen molar-refractivity contribution in [2.24, 2.45) is 0 Å². The van der Waals surface area contributed by atoms with Crippen LogP contribution in [-0.4, -0.2) is 10.7 Å². The van der Waals surface area contributed by atoms with Crippen LogP contribution in [0.25, 0.3) is 10.2 Å². The lowest BCUT2D eigenvalue weighted by Crippen LogP contribution is -1.88. The molecule has 0 saturated carbocycles. The predicted molar refractivity (Wildman–Crippen MR) is 101 cm³/mol. The highest BCUT2D eigenvalue weighted by Crippen LogP contribution is 2.28. The first kappa shape index (κ1) is 17.0. The van der Waals surface area contributed by atoms with Crippen molar-refractivity contribution in [1.82, 2.24) is 4.98 Å². The Morgan fingerprint density at radius 3 is 2.32 bits per heavy atom. The molecule has 0 spiro atoms. The average molecular weight is 330 g/mol. The number of para-hydroxylation sites is 1. The van der Waals surface area contributed by atoms with E-state index in [0.717, 1.165) is 11.3 Å². The zero-order valence-electron chi connectivity index (χ0n) is 13.5. The van der Waals surface area contributed by atoms with Gasteiger partial charge >= 0.3 is 0 Å². The molecule has 1 unspecified atom stereocenters. The van der Waals surface area contributed by atoms with Gasteiger partial charge in [0.2, 0.25) is 0 Å². The number of rotatable bonds is 4. The van der Waals surface area contributed by atoms with Crippen molar-refractivity contribution >= 4 is 33.3 Å². The molecule has 0 aliphatic heterocycles. The van der Waals surface area contributed by atoms with Gasteiger partial charge in [-0.25, -0.2) is 4.98 Å². The summed E-state index contributed by atoms with van der Waals surface area (Å²) < 4.78 is 2.46. The lowest BCUT2D eigenvalue weighted by atomic mass is 9.99. The Kier molecular flexibility index (Phi) is 6.94. The molecular weight excluding hydrogens is 306 g/mol. The minimum absolute atomic E-state index is 0.709. The molecule has 1 heterocycles. The molecule has 3 heteroatoms. The molecule has 0 aliphatic rings. The van der Waals surface area contributed by atoms with Gasteiger partial charge in [-0.2, -0.15) is 0 Å². The molecule has 2 aromatic carbocycles. The summed E-state index contributed by atoms with van der Waals surface area (Å²) in [7, 11) is 0. The largest absolute Gasteiger partial charge is 0.230 e. The number of hydrogen-bond donors (Lipinski definition) is 0. The average Bonchev–Trinajstić information content (AvgIpc) is 2.98. The quantitative estimate of drug-likeness (QED) is 0.500. The van der Waals surface area contributed by atoms with Crippen molar-refractivity contribution in [1.29, 1.82) is 0 Å². The molecule has 1 atom stereocenters. The van der Waals surface area contributed by atoms with Gasteiger partial charge in [0.15, 0.2) is 4.34 Å². The normalized spacial score (nSPS) is 11.8. The summed E-state index contributed by atoms with van der Waals surface area (Å²) in [5.41, 5.74) is 2.57. The van der Waals surface area contributed by atoms with Crippen LogP contribution in [0.2, 0.25) is 0 Å². The second kappa shape index (κ2) is 8.96. The topological polar surface area (TPSA) is 12.9 Å². The van der Waals surface area contributed by atoms with Gasteiger partial charge in [-0.05, 0) is 35.8 Å². The second-order valence-electron chi connectivity index (χ2n) is 5.10. The van der Waals surface area contributed by atoms with Crippen LogP contribution >= 0.6 is 23.1 Å². The van der Waals surface area contributed by atoms with E-state index in [4.69, 9.17) is 0 Å². The number of thiazole rings is 1. The van der Waals surface area contributed by atoms with Crippen LogP contribution in [0.4, 0.5) is 0 Å². The molecule has 0 N–H and O–H groups in total. The third-order valence-electron chi connectivity index (χ3n) is 3.52. The van der Waals surface area contributed by atoms with Crippen molar-refractivity contribution in [3.8, 4) is 0 Å². The SMILES string of the molecule is CCC(C)c1ccccc1.CCSc1nc2ccccc2s1. The molecule has 0 fully saturated rings. The molecule has 1 aromatic heterocycles. The predicted octanol–water partition coefficient (Wildman–Crippen LogP) is 6.61. The number of benzene rings is 2. The van der Waals surface area contributed by atoms with E-state index in [9.17, 15) is 0 Å². The Morgan fingerprint density at radius 1 is 1.00 bits per heavy atom. The summed E-state index contributed by atoms with van der Waals surface area (Å²) in [6.07, 6.45) is 1.23. The Hall–Kier alpha value is -1.32. The molecule has 116 valence electrons. The molecule has 0 aliphatic carbocycles. The summed E-state index contributed by atoms with van der Waals surface area (Å²) in [6, 6.07) is 18.9. The lowest BCUT2D eigenvalue weighted by Gasteiger charge is -2.06. The first-order valence-corrected chi connectivity index (χ1v) is 9.58. The van der Waals surface area contributed by atoms with Gasteiger partial charge in [0.05, 0.1) is 10.2 Å². The van der Waals surface area contributed by atoms with E-state index in [-0.39, 0.29) is 0 Å². The Bertz CT molecular complexity index is 643. The number of nitrogens with zero attached hydrogens (tertiary/aromatic N) is 1. The molecule has 0 saturated heterocycles. The molecule has 0 radical (unpaired) electrons. The summed E-state index contributed by atoms with van der Waals surface area (Å²) in [5, 5.41) is 0. The maximum atomic E-state index is 4.48. The first-order chi connectivity index (χ1) is 10.7. The van der Waals surface area contributed by atoms with E-state index in [1.54, 1.807) is 11.3 Å². The van der Waals surface area contributed by atoms with Gasteiger partial charge in [0, 0.05) is 0 Å². The van der Waals surface area contributed by atoms with Crippen LogP contribution in [0.1, 0.15) is 38.7 Å². The molecule has 3 rings (SSSR count). The van der Waals surface area contributed by atoms with Crippen LogP contribution in [0.3, 0.4) is 0 Å². The minimum atomic E-state index is 0.709. The van der Waals surface area contributed by atoms with Crippen LogP contribution in [0, 0.1) is 0 Å². The molecule has 3 aromatic rings. The van der Waals surface area contributed by atoms with Crippen molar-refractivity contribution in [2.75, 3.05) is 5.75 Å².